The molecule has 2 aromatic rings. The van der Waals surface area contributed by atoms with Crippen LogP contribution in [0, 0.1) is 11.8 Å². The van der Waals surface area contributed by atoms with E-state index in [-0.39, 0.29) is 17.4 Å². The maximum atomic E-state index is 13.6. The van der Waals surface area contributed by atoms with Crippen LogP contribution in [-0.4, -0.2) is 55.8 Å². The lowest BCUT2D eigenvalue weighted by Gasteiger charge is -2.58. The Morgan fingerprint density at radius 2 is 2.26 bits per heavy atom. The molecule has 4 aliphatic rings. The maximum absolute atomic E-state index is 13.6. The number of methoxy groups -OCH3 is 2. The van der Waals surface area contributed by atoms with Gasteiger partial charge >= 0.3 is 5.97 Å². The average Bonchev–Trinajstić information content (AvgIpc) is 3.16. The Hall–Kier alpha value is -1.85. The van der Waals surface area contributed by atoms with Gasteiger partial charge in [0.1, 0.15) is 5.41 Å². The second-order valence-electron chi connectivity index (χ2n) is 8.06. The van der Waals surface area contributed by atoms with Gasteiger partial charge in [-0.2, -0.15) is 0 Å². The molecule has 0 radical (unpaired) electrons. The molecule has 0 spiro atoms. The lowest BCUT2D eigenvalue weighted by molar-refractivity contribution is -0.162. The number of fused-ring (bicyclic) bond motifs is 4. The van der Waals surface area contributed by atoms with Gasteiger partial charge in [-0.3, -0.25) is 9.69 Å². The SMILES string of the molecule is [2H]C1([2H])c2c([nH]c3ccccc23)[C@@]2(C(=O)OC)CC3C[C@@H](CCOC)C2N(C3)C1([2H])[2H]. The van der Waals surface area contributed by atoms with Gasteiger partial charge < -0.3 is 14.5 Å². The van der Waals surface area contributed by atoms with Gasteiger partial charge in [0.2, 0.25) is 0 Å². The van der Waals surface area contributed by atoms with Crippen molar-refractivity contribution in [2.24, 2.45) is 11.8 Å². The first kappa shape index (κ1) is 13.3. The normalized spacial score (nSPS) is 40.2. The molecule has 27 heavy (non-hydrogen) atoms. The molecule has 5 atom stereocenters. The van der Waals surface area contributed by atoms with Gasteiger partial charge in [0.05, 0.1) is 7.11 Å². The summed E-state index contributed by atoms with van der Waals surface area (Å²) >= 11 is 0. The fraction of sp³-hybridized carbons (Fsp3) is 0.591. The largest absolute Gasteiger partial charge is 0.468 e. The van der Waals surface area contributed by atoms with E-state index < -0.39 is 30.3 Å². The van der Waals surface area contributed by atoms with Crippen molar-refractivity contribution >= 4 is 16.9 Å². The van der Waals surface area contributed by atoms with Gasteiger partial charge in [0.25, 0.3) is 0 Å². The standard InChI is InChI=1S/C22H28N2O3/c1-26-10-8-15-11-14-12-22(21(25)27-2)19-17(7-9-24(13-14)20(15)22)16-5-3-4-6-18(16)23-19/h3-6,14-15,20,23H,7-13H2,1-2H3/t14?,15-,20?,22+/m1/s1/i7D2,9D2. The van der Waals surface area contributed by atoms with Crippen molar-refractivity contribution in [2.75, 3.05) is 33.9 Å². The van der Waals surface area contributed by atoms with Crippen LogP contribution in [0.15, 0.2) is 24.3 Å². The first-order valence-corrected chi connectivity index (χ1v) is 9.66. The molecule has 1 aromatic heterocycles. The number of hydrogen-bond acceptors (Lipinski definition) is 4. The Morgan fingerprint density at radius 1 is 1.41 bits per heavy atom. The van der Waals surface area contributed by atoms with Crippen LogP contribution in [0.3, 0.4) is 0 Å². The fourth-order valence-corrected chi connectivity index (χ4v) is 5.80. The Kier molecular flexibility index (Phi) is 3.14. The van der Waals surface area contributed by atoms with Gasteiger partial charge in [-0.25, -0.2) is 0 Å². The van der Waals surface area contributed by atoms with Crippen LogP contribution in [0.1, 0.15) is 36.0 Å². The number of para-hydroxylation sites is 1. The number of nitrogens with zero attached hydrogens (tertiary/aromatic N) is 1. The van der Waals surface area contributed by atoms with Gasteiger partial charge in [-0.1, -0.05) is 18.2 Å². The number of rotatable bonds is 4. The van der Waals surface area contributed by atoms with Gasteiger partial charge in [-0.15, -0.1) is 0 Å². The number of carbonyl (C=O) groups is 1. The Bertz CT molecular complexity index is 1040. The van der Waals surface area contributed by atoms with E-state index in [2.05, 4.69) is 4.98 Å². The van der Waals surface area contributed by atoms with E-state index in [0.29, 0.717) is 42.6 Å². The van der Waals surface area contributed by atoms with Crippen LogP contribution in [-0.2, 0) is 26.1 Å². The molecule has 3 unspecified atom stereocenters. The predicted molar refractivity (Wildman–Crippen MR) is 104 cm³/mol. The van der Waals surface area contributed by atoms with Crippen molar-refractivity contribution in [3.05, 3.63) is 35.5 Å². The Balaban J connectivity index is 1.86. The molecule has 3 fully saturated rings. The van der Waals surface area contributed by atoms with Crippen LogP contribution in [0.5, 0.6) is 0 Å². The van der Waals surface area contributed by atoms with Crippen LogP contribution < -0.4 is 0 Å². The van der Waals surface area contributed by atoms with E-state index in [1.807, 2.05) is 18.2 Å². The third-order valence-electron chi connectivity index (χ3n) is 6.71. The van der Waals surface area contributed by atoms with Crippen molar-refractivity contribution in [3.8, 4) is 0 Å². The summed E-state index contributed by atoms with van der Waals surface area (Å²) in [5.74, 6) is -0.361. The first-order valence-electron chi connectivity index (χ1n) is 11.7. The van der Waals surface area contributed by atoms with Crippen LogP contribution >= 0.6 is 0 Å². The number of hydrogen-bond donors (Lipinski definition) is 1. The van der Waals surface area contributed by atoms with Crippen LogP contribution in [0.25, 0.3) is 10.9 Å². The molecule has 2 saturated heterocycles. The molecule has 3 aliphatic heterocycles. The molecule has 144 valence electrons. The van der Waals surface area contributed by atoms with Crippen molar-refractivity contribution in [1.29, 1.82) is 0 Å². The zero-order valence-electron chi connectivity index (χ0n) is 19.7. The van der Waals surface area contributed by atoms with E-state index in [1.54, 1.807) is 18.1 Å². The molecule has 5 nitrogen and oxygen atoms in total. The lowest BCUT2D eigenvalue weighted by atomic mass is 9.56. The molecule has 0 amide bonds. The van der Waals surface area contributed by atoms with E-state index in [0.717, 1.165) is 6.42 Å². The second-order valence-corrected chi connectivity index (χ2v) is 8.06. The average molecular weight is 373 g/mol. The number of H-pyrrole nitrogens is 1. The summed E-state index contributed by atoms with van der Waals surface area (Å²) in [5.41, 5.74) is 0.284. The molecular weight excluding hydrogens is 340 g/mol. The summed E-state index contributed by atoms with van der Waals surface area (Å²) < 4.78 is 46.8. The number of nitrogens with one attached hydrogen (secondary N) is 1. The van der Waals surface area contributed by atoms with Crippen LogP contribution in [0.2, 0.25) is 0 Å². The minimum Gasteiger partial charge on any atom is -0.468 e. The van der Waals surface area contributed by atoms with Crippen LogP contribution in [0.4, 0.5) is 0 Å². The highest BCUT2D eigenvalue weighted by Crippen LogP contribution is 2.55. The summed E-state index contributed by atoms with van der Waals surface area (Å²) in [5, 5.41) is 0.618. The molecule has 4 bridgehead atoms. The number of aromatic amines is 1. The molecule has 5 heteroatoms. The molecule has 4 heterocycles. The third-order valence-corrected chi connectivity index (χ3v) is 6.71. The molecule has 1 aromatic carbocycles. The van der Waals surface area contributed by atoms with E-state index in [9.17, 15) is 4.79 Å². The number of ether oxygens (including phenoxy) is 2. The minimum atomic E-state index is -2.33. The molecular formula is C22H28N2O3. The lowest BCUT2D eigenvalue weighted by Crippen LogP contribution is -2.67. The van der Waals surface area contributed by atoms with E-state index >= 15 is 0 Å². The van der Waals surface area contributed by atoms with Crippen molar-refractivity contribution < 1.29 is 19.8 Å². The number of aromatic nitrogens is 1. The summed E-state index contributed by atoms with van der Waals surface area (Å²) in [6.07, 6.45) is -0.246. The first-order chi connectivity index (χ1) is 14.7. The Labute approximate surface area is 165 Å². The molecule has 1 aliphatic carbocycles. The highest BCUT2D eigenvalue weighted by atomic mass is 16.5. The molecule has 1 N–H and O–H groups in total. The number of esters is 1. The number of carbonyl (C=O) groups excluding carboxylic acids is 1. The highest BCUT2D eigenvalue weighted by Gasteiger charge is 2.62. The van der Waals surface area contributed by atoms with E-state index in [1.165, 1.54) is 7.11 Å². The fourth-order valence-electron chi connectivity index (χ4n) is 5.80. The summed E-state index contributed by atoms with van der Waals surface area (Å²) in [6.45, 7) is -1.35. The number of piperidine rings is 2. The minimum absolute atomic E-state index is 0.00483. The quantitative estimate of drug-likeness (QED) is 0.839. The van der Waals surface area contributed by atoms with Gasteiger partial charge in [-0.05, 0) is 49.1 Å². The third kappa shape index (κ3) is 2.34. The summed E-state index contributed by atoms with van der Waals surface area (Å²) in [7, 11) is 3.00. The van der Waals surface area contributed by atoms with Crippen molar-refractivity contribution in [3.63, 3.8) is 0 Å². The predicted octanol–water partition coefficient (Wildman–Crippen LogP) is 2.88. The number of benzene rings is 1. The zero-order chi connectivity index (χ0) is 22.2. The summed E-state index contributed by atoms with van der Waals surface area (Å²) in [6, 6.07) is 6.81. The summed E-state index contributed by atoms with van der Waals surface area (Å²) in [4.78, 5) is 18.6. The number of aryl methyl sites for hydroxylation is 1. The monoisotopic (exact) mass is 372 g/mol. The molecule has 1 saturated carbocycles. The van der Waals surface area contributed by atoms with Crippen molar-refractivity contribution in [1.82, 2.24) is 9.88 Å². The second kappa shape index (κ2) is 6.35. The van der Waals surface area contributed by atoms with Crippen molar-refractivity contribution in [2.45, 2.75) is 37.1 Å². The Morgan fingerprint density at radius 3 is 3.07 bits per heavy atom. The highest BCUT2D eigenvalue weighted by molar-refractivity contribution is 5.91. The smallest absolute Gasteiger partial charge is 0.319 e. The maximum Gasteiger partial charge on any atom is 0.319 e. The van der Waals surface area contributed by atoms with Gasteiger partial charge in [0, 0.05) is 54.9 Å². The van der Waals surface area contributed by atoms with Gasteiger partial charge in [0.15, 0.2) is 0 Å². The topological polar surface area (TPSA) is 54.6 Å². The molecule has 6 rings (SSSR count). The zero-order valence-corrected chi connectivity index (χ0v) is 15.7. The van der Waals surface area contributed by atoms with E-state index in [4.69, 9.17) is 15.0 Å².